The van der Waals surface area contributed by atoms with E-state index in [1.807, 2.05) is 199 Å². The largest absolute Gasteiger partial charge is 0.464 e. The highest BCUT2D eigenvalue weighted by atomic mass is 16.5. The van der Waals surface area contributed by atoms with Crippen LogP contribution in [0, 0.1) is 108 Å². The highest BCUT2D eigenvalue weighted by Gasteiger charge is 2.56. The summed E-state index contributed by atoms with van der Waals surface area (Å²) in [4.78, 5) is 126. The molecule has 1 atom stereocenters. The fourth-order valence-electron chi connectivity index (χ4n) is 9.29. The van der Waals surface area contributed by atoms with E-state index in [1.54, 1.807) is 50.0 Å². The molecule has 2 aliphatic carbocycles. The number of nitrogens with zero attached hydrogens (tertiary/aromatic N) is 8. The summed E-state index contributed by atoms with van der Waals surface area (Å²) in [6, 6.07) is 2.11. The molecule has 1 aliphatic heterocycles. The number of nitriles is 1. The minimum atomic E-state index is -0.773. The molecule has 21 nitrogen and oxygen atoms in total. The van der Waals surface area contributed by atoms with Crippen LogP contribution in [0.15, 0.2) is 61.8 Å². The molecule has 0 bridgehead atoms. The van der Waals surface area contributed by atoms with Crippen molar-refractivity contribution in [2.75, 3.05) is 128 Å². The van der Waals surface area contributed by atoms with Gasteiger partial charge in [0.2, 0.25) is 29.4 Å². The van der Waals surface area contributed by atoms with Crippen molar-refractivity contribution >= 4 is 58.8 Å². The number of ketones is 3. The van der Waals surface area contributed by atoms with Gasteiger partial charge in [-0.3, -0.25) is 43.2 Å². The van der Waals surface area contributed by atoms with E-state index in [-0.39, 0.29) is 104 Å². The molecule has 3 aliphatic rings. The third-order valence-corrected chi connectivity index (χ3v) is 15.6. The van der Waals surface area contributed by atoms with Crippen molar-refractivity contribution in [1.82, 2.24) is 39.6 Å². The summed E-state index contributed by atoms with van der Waals surface area (Å²) in [5.41, 5.74) is -1.63. The van der Waals surface area contributed by atoms with Gasteiger partial charge < -0.3 is 49.1 Å². The molecular weight excluding hydrogens is 1440 g/mol. The molecule has 0 aromatic heterocycles. The van der Waals surface area contributed by atoms with Gasteiger partial charge in [-0.05, 0) is 165 Å². The summed E-state index contributed by atoms with van der Waals surface area (Å²) in [6.07, 6.45) is 32.3. The average Bonchev–Trinajstić information content (AvgIpc) is 1.63. The van der Waals surface area contributed by atoms with Crippen molar-refractivity contribution in [3.63, 3.8) is 0 Å². The van der Waals surface area contributed by atoms with Crippen molar-refractivity contribution in [3.05, 3.63) is 61.8 Å². The molecule has 1 saturated heterocycles. The van der Waals surface area contributed by atoms with Crippen LogP contribution in [0.5, 0.6) is 0 Å². The van der Waals surface area contributed by atoms with Gasteiger partial charge in [-0.2, -0.15) is 5.26 Å². The van der Waals surface area contributed by atoms with Gasteiger partial charge in [0, 0.05) is 113 Å². The smallest absolute Gasteiger partial charge is 0.384 e. The Morgan fingerprint density at radius 2 is 0.930 bits per heavy atom. The fraction of sp³-hybridized carbons (Fsp3) is 0.710. The van der Waals surface area contributed by atoms with Crippen LogP contribution in [-0.2, 0) is 57.4 Å². The summed E-state index contributed by atoms with van der Waals surface area (Å²) in [6.45, 7) is 73.7. The lowest BCUT2D eigenvalue weighted by Crippen LogP contribution is -2.39. The Hall–Kier alpha value is -7.95. The predicted molar refractivity (Wildman–Crippen MR) is 473 cm³/mol. The molecule has 1 N–H and O–H groups in total. The van der Waals surface area contributed by atoms with Crippen LogP contribution < -0.4 is 5.32 Å². The topological polar surface area (TPSA) is 248 Å². The number of hydrogen-bond donors (Lipinski definition) is 1. The third-order valence-electron chi connectivity index (χ3n) is 15.6. The normalized spacial score (nSPS) is 14.6. The molecule has 0 spiro atoms. The lowest BCUT2D eigenvalue weighted by molar-refractivity contribution is -0.156. The minimum Gasteiger partial charge on any atom is -0.464 e. The molecular formula is C93H163N9O12. The number of hydrogen-bond acceptors (Lipinski definition) is 16. The van der Waals surface area contributed by atoms with Gasteiger partial charge in [0.1, 0.15) is 16.6 Å². The standard InChI is InChI=1S/C14H26N2O.C13H26N2O.C12H24N2O.C11H19NO.C11H18O3.C9H13NO.C8H12O2.C7H11NO.C7H10O.CH4/c1-7-10-16(12-14(2,3)4)13(17)9-8-11-15(5)6;1-7-15(11-13(2,3)4)12(16)9-8-10-14(5)6;1-12(2,3)10-14(6)11(15)8-7-9-13(4)5;1-5-10(13)12-7-6-9(8-12)11(2,3)4;1-8(12)11(5-6-11)9(13)14-7-10(2,3)4;1-8(2,3)7(11)9(6-10)4-5-9;1-5-7(9)10-6-8(2,3)4;1-5-6(9)8-7(2,3)4;1-5-6(8)7(2,3)4;/h7-9H,1,10-12H2,2-6H3;8-9H,7,10-11H2,1-6H3;7-8H,9-10H2,1-6H3;5,9H,1,6-8H2,2-4H3;5-7H2,1-4H3;4-5H2,1-3H3;1H,6H2,2-4H3;1H,2-4H3,(H,8,9);1H,2-4H3;1H4/b2*9-8+;8-7+;;;;;;;. The molecule has 2 saturated carbocycles. The van der Waals surface area contributed by atoms with Crippen LogP contribution in [-0.4, -0.2) is 227 Å². The zero-order chi connectivity index (χ0) is 90.5. The molecule has 3 fully saturated rings. The highest BCUT2D eigenvalue weighted by molar-refractivity contribution is 6.05. The number of esters is 2. The Balaban J connectivity index is -0.000000228. The predicted octanol–water partition coefficient (Wildman–Crippen LogP) is 15.3. The summed E-state index contributed by atoms with van der Waals surface area (Å²) < 4.78 is 9.82. The zero-order valence-corrected chi connectivity index (χ0v) is 77.8. The first-order valence-corrected chi connectivity index (χ1v) is 39.2. The fourth-order valence-corrected chi connectivity index (χ4v) is 9.29. The van der Waals surface area contributed by atoms with Crippen LogP contribution in [0.1, 0.15) is 240 Å². The minimum absolute atomic E-state index is 0. The second kappa shape index (κ2) is 54.8. The van der Waals surface area contributed by atoms with Gasteiger partial charge in [0.05, 0.1) is 19.3 Å². The number of Topliss-reactive ketones (excluding diaryl/α,β-unsaturated/α-hetero) is 3. The number of likely N-dealkylation sites (N-methyl/N-ethyl adjacent to an activating group) is 5. The molecule has 0 aromatic carbocycles. The quantitative estimate of drug-likeness (QED) is 0.0213. The molecule has 3 rings (SSSR count). The molecule has 652 valence electrons. The lowest BCUT2D eigenvalue weighted by Gasteiger charge is -2.28. The maximum Gasteiger partial charge on any atom is 0.384 e. The summed E-state index contributed by atoms with van der Waals surface area (Å²) in [5, 5.41) is 11.3. The van der Waals surface area contributed by atoms with E-state index in [9.17, 15) is 47.9 Å². The number of terminal acetylenes is 3. The van der Waals surface area contributed by atoms with Crippen molar-refractivity contribution in [3.8, 4) is 43.1 Å². The van der Waals surface area contributed by atoms with E-state index in [0.717, 1.165) is 78.2 Å². The highest BCUT2D eigenvalue weighted by Crippen LogP contribution is 2.50. The van der Waals surface area contributed by atoms with Crippen LogP contribution in [0.4, 0.5) is 0 Å². The number of ether oxygens (including phenoxy) is 2. The zero-order valence-electron chi connectivity index (χ0n) is 77.8. The number of carbonyl (C=O) groups is 10. The maximum atomic E-state index is 12.0. The van der Waals surface area contributed by atoms with Gasteiger partial charge in [-0.15, -0.1) is 25.8 Å². The first-order chi connectivity index (χ1) is 50.8. The van der Waals surface area contributed by atoms with Gasteiger partial charge in [-0.25, -0.2) is 4.79 Å². The summed E-state index contributed by atoms with van der Waals surface area (Å²) >= 11 is 0. The van der Waals surface area contributed by atoms with Gasteiger partial charge in [0.25, 0.3) is 5.91 Å². The first-order valence-electron chi connectivity index (χ1n) is 39.2. The van der Waals surface area contributed by atoms with Gasteiger partial charge >= 0.3 is 11.9 Å². The second-order valence-corrected chi connectivity index (χ2v) is 40.0. The van der Waals surface area contributed by atoms with Crippen LogP contribution in [0.2, 0.25) is 0 Å². The SMILES string of the molecule is C.C#CC(=O)C(C)(C)C.C#CC(=O)NC(C)(C)C.C#CC(=O)OCC(C)(C)C.C=CC(=O)N1CCC(C(C)(C)C)C1.C=CCN(CC(C)(C)C)C(=O)/C=C/CN(C)C.CC(=O)C1(C(=O)OCC(C)(C)C)CC1.CC(C)(C)C(=O)C1(C#N)CC1.CCN(CC(C)(C)C)C(=O)/C=C/CN(C)C.CN(C)C/C=C/C(=O)N(C)CC(C)(C)C. The first kappa shape index (κ1) is 119. The Labute approximate surface area is 696 Å². The average molecular weight is 1600 g/mol. The van der Waals surface area contributed by atoms with Crippen LogP contribution >= 0.6 is 0 Å². The van der Waals surface area contributed by atoms with E-state index in [2.05, 4.69) is 118 Å². The second-order valence-electron chi connectivity index (χ2n) is 40.0. The Bertz CT molecular complexity index is 3230. The molecule has 1 unspecified atom stereocenters. The van der Waals surface area contributed by atoms with E-state index in [4.69, 9.17) is 29.3 Å². The van der Waals surface area contributed by atoms with Crippen molar-refractivity contribution in [2.24, 2.45) is 60.1 Å². The van der Waals surface area contributed by atoms with Crippen molar-refractivity contribution < 1.29 is 57.4 Å². The van der Waals surface area contributed by atoms with E-state index >= 15 is 0 Å². The molecule has 114 heavy (non-hydrogen) atoms. The lowest BCUT2D eigenvalue weighted by atomic mass is 9.80. The number of rotatable bonds is 21. The van der Waals surface area contributed by atoms with E-state index < -0.39 is 16.8 Å². The Morgan fingerprint density at radius 1 is 0.535 bits per heavy atom. The summed E-state index contributed by atoms with van der Waals surface area (Å²) in [7, 11) is 13.7. The van der Waals surface area contributed by atoms with Crippen molar-refractivity contribution in [1.29, 1.82) is 5.26 Å². The monoisotopic (exact) mass is 1600 g/mol. The Kier molecular flexibility index (Phi) is 57.4. The number of amides is 5. The third kappa shape index (κ3) is 66.3. The summed E-state index contributed by atoms with van der Waals surface area (Å²) in [5.74, 6) is 5.49. The number of likely N-dealkylation sites (tertiary alicyclic amines) is 1. The van der Waals surface area contributed by atoms with Gasteiger partial charge in [-0.1, -0.05) is 204 Å². The molecule has 0 aromatic rings. The maximum absolute atomic E-state index is 12.0. The number of nitrogens with one attached hydrogen (secondary N) is 1. The number of carbonyl (C=O) groups excluding carboxylic acids is 10. The van der Waals surface area contributed by atoms with E-state index in [0.29, 0.717) is 43.9 Å². The van der Waals surface area contributed by atoms with Crippen LogP contribution in [0.3, 0.4) is 0 Å². The molecule has 5 amide bonds. The van der Waals surface area contributed by atoms with Crippen molar-refractivity contribution in [2.45, 2.75) is 246 Å². The molecule has 21 heteroatoms. The Morgan fingerprint density at radius 3 is 1.18 bits per heavy atom. The molecule has 0 radical (unpaired) electrons. The van der Waals surface area contributed by atoms with Gasteiger partial charge in [0.15, 0.2) is 5.78 Å². The van der Waals surface area contributed by atoms with Crippen LogP contribution in [0.25, 0.3) is 0 Å². The van der Waals surface area contributed by atoms with E-state index in [1.165, 1.54) is 13.0 Å². The molecule has 1 heterocycles.